The van der Waals surface area contributed by atoms with E-state index < -0.39 is 67.8 Å². The quantitative estimate of drug-likeness (QED) is 0.129. The van der Waals surface area contributed by atoms with Crippen molar-refractivity contribution in [2.75, 3.05) is 6.61 Å². The third kappa shape index (κ3) is 7.85. The van der Waals surface area contributed by atoms with E-state index in [2.05, 4.69) is 5.09 Å². The second kappa shape index (κ2) is 13.9. The van der Waals surface area contributed by atoms with Crippen LogP contribution in [0, 0.1) is 12.3 Å². The molecule has 15 heteroatoms. The number of aromatic amines is 1. The van der Waals surface area contributed by atoms with E-state index in [0.29, 0.717) is 10.6 Å². The average molecular weight is 648 g/mol. The van der Waals surface area contributed by atoms with Gasteiger partial charge in [0, 0.05) is 17.3 Å². The molecule has 1 aliphatic rings. The Morgan fingerprint density at radius 2 is 1.89 bits per heavy atom. The van der Waals surface area contributed by atoms with Gasteiger partial charge in [-0.25, -0.2) is 9.36 Å². The zero-order chi connectivity index (χ0) is 32.1. The van der Waals surface area contributed by atoms with E-state index in [1.165, 1.54) is 24.3 Å². The second-order valence-corrected chi connectivity index (χ2v) is 12.3. The predicted octanol–water partition coefficient (Wildman–Crippen LogP) is 2.17. The first-order valence-electron chi connectivity index (χ1n) is 13.4. The monoisotopic (exact) mass is 647 g/mol. The van der Waals surface area contributed by atoms with Crippen LogP contribution in [0.4, 0.5) is 0 Å². The highest BCUT2D eigenvalue weighted by Gasteiger charge is 2.56. The van der Waals surface area contributed by atoms with Crippen molar-refractivity contribution in [3.8, 4) is 18.1 Å². The molecule has 0 spiro atoms. The van der Waals surface area contributed by atoms with Gasteiger partial charge in [0.05, 0.1) is 12.7 Å². The number of hydrogen-bond acceptors (Lipinski definition) is 10. The Labute approximate surface area is 257 Å². The third-order valence-electron chi connectivity index (χ3n) is 6.50. The van der Waals surface area contributed by atoms with Gasteiger partial charge in [0.2, 0.25) is 0 Å². The Balaban J connectivity index is 1.63. The fraction of sp³-hybridized carbons (Fsp3) is 0.345. The molecule has 3 aromatic rings. The van der Waals surface area contributed by atoms with E-state index in [-0.39, 0.29) is 12.2 Å². The van der Waals surface area contributed by atoms with Crippen molar-refractivity contribution >= 4 is 25.3 Å². The predicted molar refractivity (Wildman–Crippen MR) is 159 cm³/mol. The van der Waals surface area contributed by atoms with Crippen LogP contribution in [0.2, 0.25) is 5.02 Å². The van der Waals surface area contributed by atoms with Crippen LogP contribution in [0.25, 0.3) is 0 Å². The first-order chi connectivity index (χ1) is 20.8. The number of carbonyl (C=O) groups excluding carboxylic acids is 1. The molecule has 44 heavy (non-hydrogen) atoms. The molecule has 1 aliphatic heterocycles. The molecule has 4 N–H and O–H groups in total. The summed E-state index contributed by atoms with van der Waals surface area (Å²) in [7, 11) is -4.52. The number of H-pyrrole nitrogens is 1. The van der Waals surface area contributed by atoms with E-state index in [9.17, 15) is 29.2 Å². The number of aromatic nitrogens is 2. The van der Waals surface area contributed by atoms with Gasteiger partial charge in [-0.2, -0.15) is 5.09 Å². The number of carbonyl (C=O) groups is 1. The molecule has 1 aromatic heterocycles. The maximum absolute atomic E-state index is 14.3. The normalized spacial score (nSPS) is 23.4. The van der Waals surface area contributed by atoms with Gasteiger partial charge in [-0.3, -0.25) is 23.7 Å². The van der Waals surface area contributed by atoms with Gasteiger partial charge in [-0.15, -0.1) is 6.42 Å². The minimum atomic E-state index is -4.52. The van der Waals surface area contributed by atoms with Crippen LogP contribution >= 0.6 is 19.3 Å². The van der Waals surface area contributed by atoms with Gasteiger partial charge in [-0.05, 0) is 50.1 Å². The molecular formula is C29H31ClN3O10P. The van der Waals surface area contributed by atoms with Crippen molar-refractivity contribution in [1.82, 2.24) is 14.6 Å². The SMILES string of the molecule is C#C[C@]1(O)C(n2ccc(=O)[nH]c2=O)O[C@H](COP(=O)(N[C@@H](Cc2ccccc2)C(=O)OC(C)C)Oc2ccc(Cl)cc2)[C@H]1O. The fourth-order valence-corrected chi connectivity index (χ4v) is 6.01. The lowest BCUT2D eigenvalue weighted by Crippen LogP contribution is -2.48. The lowest BCUT2D eigenvalue weighted by atomic mass is 9.95. The molecule has 2 unspecified atom stereocenters. The second-order valence-electron chi connectivity index (χ2n) is 10.2. The summed E-state index contributed by atoms with van der Waals surface area (Å²) in [6.07, 6.45) is 1.13. The summed E-state index contributed by atoms with van der Waals surface area (Å²) in [6, 6.07) is 14.5. The topological polar surface area (TPSA) is 178 Å². The Bertz CT molecular complexity index is 1660. The van der Waals surface area contributed by atoms with Gasteiger partial charge < -0.3 is 24.2 Å². The van der Waals surface area contributed by atoms with E-state index in [4.69, 9.17) is 36.5 Å². The lowest BCUT2D eigenvalue weighted by molar-refractivity contribution is -0.149. The first kappa shape index (κ1) is 33.2. The van der Waals surface area contributed by atoms with Crippen LogP contribution in [-0.4, -0.2) is 62.3 Å². The van der Waals surface area contributed by atoms with Crippen molar-refractivity contribution < 1.29 is 38.1 Å². The maximum Gasteiger partial charge on any atom is 0.459 e. The Morgan fingerprint density at radius 1 is 1.20 bits per heavy atom. The number of terminal acetylenes is 1. The molecular weight excluding hydrogens is 617 g/mol. The molecule has 0 radical (unpaired) electrons. The summed E-state index contributed by atoms with van der Waals surface area (Å²) in [5.74, 6) is 1.36. The summed E-state index contributed by atoms with van der Waals surface area (Å²) < 4.78 is 37.6. The van der Waals surface area contributed by atoms with E-state index in [1.54, 1.807) is 44.2 Å². The molecule has 1 saturated heterocycles. The zero-order valence-corrected chi connectivity index (χ0v) is 25.3. The van der Waals surface area contributed by atoms with Crippen molar-refractivity contribution in [3.63, 3.8) is 0 Å². The van der Waals surface area contributed by atoms with Gasteiger partial charge in [0.25, 0.3) is 5.56 Å². The molecule has 0 aliphatic carbocycles. The molecule has 2 heterocycles. The van der Waals surface area contributed by atoms with Crippen LogP contribution in [0.1, 0.15) is 25.6 Å². The fourth-order valence-electron chi connectivity index (χ4n) is 4.38. The zero-order valence-electron chi connectivity index (χ0n) is 23.7. The summed E-state index contributed by atoms with van der Waals surface area (Å²) >= 11 is 5.97. The summed E-state index contributed by atoms with van der Waals surface area (Å²) in [5, 5.41) is 25.1. The van der Waals surface area contributed by atoms with Crippen LogP contribution < -0.4 is 20.9 Å². The van der Waals surface area contributed by atoms with Crippen molar-refractivity contribution in [2.24, 2.45) is 0 Å². The third-order valence-corrected chi connectivity index (χ3v) is 8.32. The molecule has 1 fully saturated rings. The number of halogens is 1. The van der Waals surface area contributed by atoms with Crippen LogP contribution in [-0.2, 0) is 29.8 Å². The largest absolute Gasteiger partial charge is 0.462 e. The number of aliphatic hydroxyl groups excluding tert-OH is 1. The van der Waals surface area contributed by atoms with Crippen LogP contribution in [0.5, 0.6) is 5.75 Å². The molecule has 0 amide bonds. The molecule has 13 nitrogen and oxygen atoms in total. The van der Waals surface area contributed by atoms with E-state index in [1.807, 2.05) is 10.9 Å². The van der Waals surface area contributed by atoms with Crippen molar-refractivity contribution in [2.45, 2.75) is 56.5 Å². The number of aliphatic hydroxyl groups is 2. The number of benzene rings is 2. The molecule has 6 atom stereocenters. The summed E-state index contributed by atoms with van der Waals surface area (Å²) in [6.45, 7) is 2.62. The van der Waals surface area contributed by atoms with E-state index in [0.717, 1.165) is 16.8 Å². The highest BCUT2D eigenvalue weighted by atomic mass is 35.5. The van der Waals surface area contributed by atoms with Crippen molar-refractivity contribution in [3.05, 3.63) is 98.3 Å². The number of esters is 1. The summed E-state index contributed by atoms with van der Waals surface area (Å²) in [5.41, 5.74) is -3.41. The average Bonchev–Trinajstić information content (AvgIpc) is 3.23. The molecule has 0 bridgehead atoms. The van der Waals surface area contributed by atoms with E-state index >= 15 is 0 Å². The first-order valence-corrected chi connectivity index (χ1v) is 15.3. The van der Waals surface area contributed by atoms with Crippen LogP contribution in [0.15, 0.2) is 76.4 Å². The van der Waals surface area contributed by atoms with Gasteiger partial charge >= 0.3 is 19.4 Å². The van der Waals surface area contributed by atoms with Crippen LogP contribution in [0.3, 0.4) is 0 Å². The number of ether oxygens (including phenoxy) is 2. The highest BCUT2D eigenvalue weighted by Crippen LogP contribution is 2.47. The number of nitrogens with one attached hydrogen (secondary N) is 2. The van der Waals surface area contributed by atoms with Gasteiger partial charge in [-0.1, -0.05) is 47.9 Å². The minimum Gasteiger partial charge on any atom is -0.462 e. The Kier molecular flexibility index (Phi) is 10.5. The van der Waals surface area contributed by atoms with Gasteiger partial charge in [0.15, 0.2) is 11.8 Å². The van der Waals surface area contributed by atoms with Crippen molar-refractivity contribution in [1.29, 1.82) is 0 Å². The molecule has 4 rings (SSSR count). The lowest BCUT2D eigenvalue weighted by Gasteiger charge is -2.27. The molecule has 0 saturated carbocycles. The Morgan fingerprint density at radius 3 is 2.50 bits per heavy atom. The van der Waals surface area contributed by atoms with Gasteiger partial charge in [0.1, 0.15) is 24.0 Å². The number of hydrogen-bond donors (Lipinski definition) is 4. The number of rotatable bonds is 12. The maximum atomic E-state index is 14.3. The number of nitrogens with zero attached hydrogens (tertiary/aromatic N) is 1. The Hall–Kier alpha value is -3.73. The molecule has 2 aromatic carbocycles. The standard InChI is InChI=1S/C29H31ClN3O10P/c1-4-29(38)25(35)23(42-27(29)33-15-14-24(34)31-28(33)37)17-40-44(39,43-21-12-10-20(30)11-13-21)32-22(26(36)41-18(2)3)16-19-8-6-5-7-9-19/h1,5-15,18,22-23,25,27,35,38H,16-17H2,2-3H3,(H,32,39)(H,31,34,37)/t22-,23+,25+,27?,29+,44?/m0/s1. The smallest absolute Gasteiger partial charge is 0.459 e. The highest BCUT2D eigenvalue weighted by molar-refractivity contribution is 7.52. The molecule has 234 valence electrons. The summed E-state index contributed by atoms with van der Waals surface area (Å²) in [4.78, 5) is 39.1. The minimum absolute atomic E-state index is 0.0420.